The molecule has 1 atom stereocenters. The monoisotopic (exact) mass is 102 g/mol. The molecule has 1 saturated heterocycles. The van der Waals surface area contributed by atoms with Crippen molar-refractivity contribution in [2.45, 2.75) is 12.5 Å². The summed E-state index contributed by atoms with van der Waals surface area (Å²) >= 11 is 0. The maximum Gasteiger partial charge on any atom is 0.0179 e. The fraction of sp³-hybridized carbons (Fsp3) is 1.00. The lowest BCUT2D eigenvalue weighted by atomic mass is 10.3. The van der Waals surface area contributed by atoms with Crippen LogP contribution in [-0.2, 0) is 0 Å². The summed E-state index contributed by atoms with van der Waals surface area (Å²) in [5, 5.41) is 0. The first kappa shape index (κ1) is 5.06. The van der Waals surface area contributed by atoms with E-state index in [4.69, 9.17) is 5.73 Å². The highest BCUT2D eigenvalue weighted by atomic mass is 15.1. The Bertz CT molecular complexity index is 59.4. The van der Waals surface area contributed by atoms with Crippen LogP contribution in [0.3, 0.4) is 0 Å². The van der Waals surface area contributed by atoms with E-state index in [2.05, 4.69) is 11.9 Å². The summed E-state index contributed by atoms with van der Waals surface area (Å²) in [5.41, 5.74) is 5.58. The first-order valence-corrected chi connectivity index (χ1v) is 2.73. The van der Waals surface area contributed by atoms with Crippen molar-refractivity contribution < 1.29 is 1.43 Å². The van der Waals surface area contributed by atoms with Crippen LogP contribution in [0.5, 0.6) is 0 Å². The molecule has 2 heteroatoms. The second-order valence-electron chi connectivity index (χ2n) is 2.31. The summed E-state index contributed by atoms with van der Waals surface area (Å²) in [6.45, 7) is 2.27. The molecule has 1 rings (SSSR count). The molecular formula is C5H14N2. The largest absolute Gasteiger partial charge is 0.326 e. The third-order valence-electron chi connectivity index (χ3n) is 1.43. The molecule has 0 aromatic rings. The van der Waals surface area contributed by atoms with Crippen LogP contribution in [0, 0.1) is 0 Å². The van der Waals surface area contributed by atoms with Gasteiger partial charge in [0.15, 0.2) is 0 Å². The summed E-state index contributed by atoms with van der Waals surface area (Å²) in [6.07, 6.45) is 1.18. The van der Waals surface area contributed by atoms with Gasteiger partial charge in [-0.15, -0.1) is 0 Å². The lowest BCUT2D eigenvalue weighted by molar-refractivity contribution is 0.411. The van der Waals surface area contributed by atoms with E-state index in [0.29, 0.717) is 6.04 Å². The van der Waals surface area contributed by atoms with Gasteiger partial charge in [-0.05, 0) is 20.0 Å². The first-order chi connectivity index (χ1) is 3.29. The predicted octanol–water partition coefficient (Wildman–Crippen LogP) is -0.105. The van der Waals surface area contributed by atoms with Gasteiger partial charge in [-0.2, -0.15) is 0 Å². The Balaban J connectivity index is 0.000000490. The fourth-order valence-electron chi connectivity index (χ4n) is 0.969. The maximum atomic E-state index is 5.58. The molecule has 2 N–H and O–H groups in total. The number of nitrogens with two attached hydrogens (primary N) is 1. The zero-order valence-electron chi connectivity index (χ0n) is 4.72. The van der Waals surface area contributed by atoms with Gasteiger partial charge in [-0.3, -0.25) is 0 Å². The molecule has 0 saturated carbocycles. The number of hydrogen-bond acceptors (Lipinski definition) is 2. The molecule has 0 aromatic heterocycles. The van der Waals surface area contributed by atoms with Crippen molar-refractivity contribution >= 4 is 0 Å². The molecule has 1 heterocycles. The van der Waals surface area contributed by atoms with Crippen molar-refractivity contribution in [2.75, 3.05) is 20.1 Å². The molecular weight excluding hydrogens is 88.1 g/mol. The summed E-state index contributed by atoms with van der Waals surface area (Å²) < 4.78 is 0. The smallest absolute Gasteiger partial charge is 0.0179 e. The first-order valence-electron chi connectivity index (χ1n) is 2.73. The number of likely N-dealkylation sites (N-methyl/N-ethyl adjacent to an activating group) is 1. The minimum absolute atomic E-state index is 0. The van der Waals surface area contributed by atoms with Gasteiger partial charge in [-0.1, -0.05) is 0 Å². The molecule has 0 aliphatic carbocycles. The SMILES string of the molecule is CN1CCC(N)C1.[HH]. The Morgan fingerprint density at radius 1 is 1.86 bits per heavy atom. The number of nitrogens with zero attached hydrogens (tertiary/aromatic N) is 1. The number of likely N-dealkylation sites (tertiary alicyclic amines) is 1. The van der Waals surface area contributed by atoms with Crippen LogP contribution < -0.4 is 5.73 Å². The van der Waals surface area contributed by atoms with E-state index in [1.807, 2.05) is 0 Å². The molecule has 0 aromatic carbocycles. The molecule has 1 fully saturated rings. The van der Waals surface area contributed by atoms with Gasteiger partial charge in [0.05, 0.1) is 0 Å². The topological polar surface area (TPSA) is 29.3 Å². The summed E-state index contributed by atoms with van der Waals surface area (Å²) in [7, 11) is 2.10. The molecule has 0 bridgehead atoms. The minimum atomic E-state index is 0. The van der Waals surface area contributed by atoms with Crippen LogP contribution in [0.15, 0.2) is 0 Å². The van der Waals surface area contributed by atoms with Crippen LogP contribution in [0.4, 0.5) is 0 Å². The highest BCUT2D eigenvalue weighted by Crippen LogP contribution is 2.01. The van der Waals surface area contributed by atoms with Crippen molar-refractivity contribution in [1.82, 2.24) is 4.90 Å². The lowest BCUT2D eigenvalue weighted by Gasteiger charge is -2.03. The van der Waals surface area contributed by atoms with Crippen LogP contribution >= 0.6 is 0 Å². The Labute approximate surface area is 45.8 Å². The highest BCUT2D eigenvalue weighted by Gasteiger charge is 2.13. The highest BCUT2D eigenvalue weighted by molar-refractivity contribution is 4.74. The molecule has 1 aliphatic heterocycles. The van der Waals surface area contributed by atoms with Gasteiger partial charge in [0.2, 0.25) is 0 Å². The van der Waals surface area contributed by atoms with Gasteiger partial charge in [-0.25, -0.2) is 0 Å². The standard InChI is InChI=1S/C5H12N2.H2/c1-7-3-2-5(6)4-7;/h5H,2-4,6H2,1H3;1H. The van der Waals surface area contributed by atoms with Crippen molar-refractivity contribution in [3.63, 3.8) is 0 Å². The lowest BCUT2D eigenvalue weighted by Crippen LogP contribution is -2.23. The van der Waals surface area contributed by atoms with E-state index in [1.165, 1.54) is 13.0 Å². The molecule has 1 aliphatic rings. The van der Waals surface area contributed by atoms with E-state index >= 15 is 0 Å². The van der Waals surface area contributed by atoms with Gasteiger partial charge < -0.3 is 10.6 Å². The Kier molecular flexibility index (Phi) is 1.30. The average Bonchev–Trinajstić information content (AvgIpc) is 1.87. The van der Waals surface area contributed by atoms with Crippen LogP contribution in [-0.4, -0.2) is 31.1 Å². The summed E-state index contributed by atoms with van der Waals surface area (Å²) in [4.78, 5) is 2.25. The third-order valence-corrected chi connectivity index (χ3v) is 1.43. The van der Waals surface area contributed by atoms with Crippen molar-refractivity contribution in [3.05, 3.63) is 0 Å². The van der Waals surface area contributed by atoms with Crippen molar-refractivity contribution in [2.24, 2.45) is 5.73 Å². The van der Waals surface area contributed by atoms with E-state index in [-0.39, 0.29) is 1.43 Å². The Morgan fingerprint density at radius 3 is 2.71 bits per heavy atom. The molecule has 0 radical (unpaired) electrons. The minimum Gasteiger partial charge on any atom is -0.326 e. The van der Waals surface area contributed by atoms with Crippen molar-refractivity contribution in [3.8, 4) is 0 Å². The Hall–Kier alpha value is -0.0800. The second-order valence-corrected chi connectivity index (χ2v) is 2.31. The van der Waals surface area contributed by atoms with Crippen LogP contribution in [0.1, 0.15) is 7.85 Å². The van der Waals surface area contributed by atoms with Gasteiger partial charge in [0, 0.05) is 14.0 Å². The van der Waals surface area contributed by atoms with Gasteiger partial charge in [0.25, 0.3) is 0 Å². The number of hydrogen-bond donors (Lipinski definition) is 1. The average molecular weight is 102 g/mol. The second kappa shape index (κ2) is 1.80. The molecule has 44 valence electrons. The summed E-state index contributed by atoms with van der Waals surface area (Å²) in [5.74, 6) is 0. The normalized spacial score (nSPS) is 34.3. The number of rotatable bonds is 0. The molecule has 7 heavy (non-hydrogen) atoms. The Morgan fingerprint density at radius 2 is 2.57 bits per heavy atom. The molecule has 0 amide bonds. The van der Waals surface area contributed by atoms with E-state index in [9.17, 15) is 0 Å². The molecule has 0 spiro atoms. The van der Waals surface area contributed by atoms with Crippen LogP contribution in [0.2, 0.25) is 0 Å². The van der Waals surface area contributed by atoms with Crippen LogP contribution in [0.25, 0.3) is 0 Å². The third kappa shape index (κ3) is 1.14. The zero-order chi connectivity index (χ0) is 5.28. The summed E-state index contributed by atoms with van der Waals surface area (Å²) in [6, 6.07) is 0.449. The quantitative estimate of drug-likeness (QED) is 0.462. The van der Waals surface area contributed by atoms with E-state index < -0.39 is 0 Å². The van der Waals surface area contributed by atoms with Gasteiger partial charge in [0.1, 0.15) is 0 Å². The fourth-order valence-corrected chi connectivity index (χ4v) is 0.969. The zero-order valence-corrected chi connectivity index (χ0v) is 4.72. The van der Waals surface area contributed by atoms with E-state index in [0.717, 1.165) is 6.54 Å². The molecule has 2 nitrogen and oxygen atoms in total. The molecule has 1 unspecified atom stereocenters. The maximum absolute atomic E-state index is 5.58. The van der Waals surface area contributed by atoms with Crippen molar-refractivity contribution in [1.29, 1.82) is 0 Å². The van der Waals surface area contributed by atoms with Gasteiger partial charge >= 0.3 is 0 Å². The predicted molar refractivity (Wildman–Crippen MR) is 32.2 cm³/mol. The van der Waals surface area contributed by atoms with E-state index in [1.54, 1.807) is 0 Å².